The van der Waals surface area contributed by atoms with E-state index in [-0.39, 0.29) is 0 Å². The van der Waals surface area contributed by atoms with E-state index in [1.165, 1.54) is 0 Å². The van der Waals surface area contributed by atoms with Crippen molar-refractivity contribution in [3.05, 3.63) is 29.8 Å². The van der Waals surface area contributed by atoms with Gasteiger partial charge in [-0.2, -0.15) is 0 Å². The zero-order valence-corrected chi connectivity index (χ0v) is 11.3. The molecule has 0 bridgehead atoms. The molecule has 0 saturated carbocycles. The van der Waals surface area contributed by atoms with Gasteiger partial charge in [0, 0.05) is 6.54 Å². The minimum Gasteiger partial charge on any atom is -0.481 e. The Balaban J connectivity index is 2.54. The van der Waals surface area contributed by atoms with Gasteiger partial charge >= 0.3 is 0 Å². The Bertz CT molecular complexity index is 391. The zero-order chi connectivity index (χ0) is 13.5. The van der Waals surface area contributed by atoms with Crippen molar-refractivity contribution in [2.75, 3.05) is 6.54 Å². The number of rotatable bonds is 7. The molecular weight excluding hydrogens is 228 g/mol. The van der Waals surface area contributed by atoms with Crippen LogP contribution in [0.15, 0.2) is 24.3 Å². The lowest BCUT2D eigenvalue weighted by Gasteiger charge is -2.13. The first-order valence-electron chi connectivity index (χ1n) is 6.24. The van der Waals surface area contributed by atoms with Gasteiger partial charge in [-0.1, -0.05) is 26.0 Å². The fourth-order valence-corrected chi connectivity index (χ4v) is 1.50. The summed E-state index contributed by atoms with van der Waals surface area (Å²) in [6.07, 6.45) is -0.608. The fourth-order valence-electron chi connectivity index (χ4n) is 1.50. The van der Waals surface area contributed by atoms with Crippen LogP contribution in [-0.2, 0) is 11.3 Å². The van der Waals surface area contributed by atoms with Crippen LogP contribution in [-0.4, -0.2) is 18.6 Å². The van der Waals surface area contributed by atoms with Gasteiger partial charge in [0.25, 0.3) is 5.91 Å². The first kappa shape index (κ1) is 14.5. The number of carbonyl (C=O) groups is 1. The van der Waals surface area contributed by atoms with Crippen LogP contribution in [0, 0.1) is 5.92 Å². The number of amides is 1. The molecule has 0 fully saturated rings. The lowest BCUT2D eigenvalue weighted by molar-refractivity contribution is -0.123. The molecule has 0 spiro atoms. The predicted octanol–water partition coefficient (Wildman–Crippen LogP) is 1.68. The molecule has 3 N–H and O–H groups in total. The molecule has 4 nitrogen and oxygen atoms in total. The number of carbonyl (C=O) groups excluding carboxylic acids is 1. The minimum atomic E-state index is -0.608. The Morgan fingerprint density at radius 2 is 2.11 bits per heavy atom. The standard InChI is InChI=1S/C14H22N2O2/c1-10(2)8-16-9-12-5-4-6-13(7-12)18-11(3)14(15)17/h4-7,10-11,16H,8-9H2,1-3H3,(H2,15,17). The molecule has 0 aliphatic heterocycles. The van der Waals surface area contributed by atoms with Crippen LogP contribution < -0.4 is 15.8 Å². The average molecular weight is 250 g/mol. The molecular formula is C14H22N2O2. The number of nitrogens with two attached hydrogens (primary N) is 1. The lowest BCUT2D eigenvalue weighted by Crippen LogP contribution is -2.30. The van der Waals surface area contributed by atoms with E-state index in [0.29, 0.717) is 11.7 Å². The van der Waals surface area contributed by atoms with Gasteiger partial charge in [0.15, 0.2) is 6.10 Å². The summed E-state index contributed by atoms with van der Waals surface area (Å²) >= 11 is 0. The molecule has 0 saturated heterocycles. The van der Waals surface area contributed by atoms with Gasteiger partial charge in [0.2, 0.25) is 0 Å². The number of ether oxygens (including phenoxy) is 1. The molecule has 1 aromatic carbocycles. The maximum absolute atomic E-state index is 10.9. The van der Waals surface area contributed by atoms with Crippen LogP contribution in [0.3, 0.4) is 0 Å². The largest absolute Gasteiger partial charge is 0.481 e. The van der Waals surface area contributed by atoms with Gasteiger partial charge in [0.05, 0.1) is 0 Å². The maximum atomic E-state index is 10.9. The number of benzene rings is 1. The second-order valence-corrected chi connectivity index (χ2v) is 4.83. The Labute approximate surface area is 109 Å². The Morgan fingerprint density at radius 3 is 2.72 bits per heavy atom. The van der Waals surface area contributed by atoms with E-state index < -0.39 is 12.0 Å². The second-order valence-electron chi connectivity index (χ2n) is 4.83. The van der Waals surface area contributed by atoms with Gasteiger partial charge in [-0.25, -0.2) is 0 Å². The van der Waals surface area contributed by atoms with Crippen molar-refractivity contribution in [3.8, 4) is 5.75 Å². The van der Waals surface area contributed by atoms with Gasteiger partial charge in [-0.3, -0.25) is 4.79 Å². The molecule has 100 valence electrons. The molecule has 0 radical (unpaired) electrons. The summed E-state index contributed by atoms with van der Waals surface area (Å²) < 4.78 is 5.44. The van der Waals surface area contributed by atoms with Crippen LogP contribution in [0.2, 0.25) is 0 Å². The normalized spacial score (nSPS) is 12.4. The molecule has 1 atom stereocenters. The van der Waals surface area contributed by atoms with E-state index in [1.807, 2.05) is 24.3 Å². The zero-order valence-electron chi connectivity index (χ0n) is 11.3. The van der Waals surface area contributed by atoms with Crippen LogP contribution >= 0.6 is 0 Å². The Morgan fingerprint density at radius 1 is 1.39 bits per heavy atom. The number of hydrogen-bond donors (Lipinski definition) is 2. The fraction of sp³-hybridized carbons (Fsp3) is 0.500. The SMILES string of the molecule is CC(C)CNCc1cccc(OC(C)C(N)=O)c1. The van der Waals surface area contributed by atoms with Crippen molar-refractivity contribution in [3.63, 3.8) is 0 Å². The summed E-state index contributed by atoms with van der Waals surface area (Å²) in [6.45, 7) is 7.75. The van der Waals surface area contributed by atoms with Gasteiger partial charge in [0.1, 0.15) is 5.75 Å². The van der Waals surface area contributed by atoms with E-state index in [9.17, 15) is 4.79 Å². The molecule has 4 heteroatoms. The van der Waals surface area contributed by atoms with Crippen molar-refractivity contribution >= 4 is 5.91 Å². The van der Waals surface area contributed by atoms with Crippen molar-refractivity contribution in [2.24, 2.45) is 11.7 Å². The summed E-state index contributed by atoms with van der Waals surface area (Å²) in [6, 6.07) is 7.68. The van der Waals surface area contributed by atoms with Crippen molar-refractivity contribution in [2.45, 2.75) is 33.4 Å². The monoisotopic (exact) mass is 250 g/mol. The summed E-state index contributed by atoms with van der Waals surface area (Å²) in [4.78, 5) is 10.9. The van der Waals surface area contributed by atoms with Crippen LogP contribution in [0.25, 0.3) is 0 Å². The summed E-state index contributed by atoms with van der Waals surface area (Å²) in [5, 5.41) is 3.36. The van der Waals surface area contributed by atoms with E-state index in [1.54, 1.807) is 6.92 Å². The molecule has 1 amide bonds. The number of nitrogens with one attached hydrogen (secondary N) is 1. The molecule has 1 rings (SSSR count). The Hall–Kier alpha value is -1.55. The third-order valence-corrected chi connectivity index (χ3v) is 2.49. The van der Waals surface area contributed by atoms with Crippen molar-refractivity contribution in [1.29, 1.82) is 0 Å². The third-order valence-electron chi connectivity index (χ3n) is 2.49. The average Bonchev–Trinajstić information content (AvgIpc) is 2.28. The highest BCUT2D eigenvalue weighted by atomic mass is 16.5. The molecule has 1 aromatic rings. The predicted molar refractivity (Wildman–Crippen MR) is 72.3 cm³/mol. The van der Waals surface area contributed by atoms with E-state index in [0.717, 1.165) is 18.7 Å². The third kappa shape index (κ3) is 5.19. The summed E-state index contributed by atoms with van der Waals surface area (Å²) in [5.41, 5.74) is 6.29. The van der Waals surface area contributed by atoms with E-state index >= 15 is 0 Å². The first-order chi connectivity index (χ1) is 8.49. The quantitative estimate of drug-likeness (QED) is 0.774. The molecule has 0 heterocycles. The van der Waals surface area contributed by atoms with Gasteiger partial charge < -0.3 is 15.8 Å². The van der Waals surface area contributed by atoms with E-state index in [4.69, 9.17) is 10.5 Å². The molecule has 0 aliphatic carbocycles. The number of hydrogen-bond acceptors (Lipinski definition) is 3. The van der Waals surface area contributed by atoms with Crippen molar-refractivity contribution in [1.82, 2.24) is 5.32 Å². The van der Waals surface area contributed by atoms with Crippen LogP contribution in [0.5, 0.6) is 5.75 Å². The molecule has 1 unspecified atom stereocenters. The second kappa shape index (κ2) is 7.01. The van der Waals surface area contributed by atoms with Crippen molar-refractivity contribution < 1.29 is 9.53 Å². The highest BCUT2D eigenvalue weighted by Gasteiger charge is 2.10. The van der Waals surface area contributed by atoms with Crippen LogP contribution in [0.1, 0.15) is 26.3 Å². The highest BCUT2D eigenvalue weighted by Crippen LogP contribution is 2.14. The molecule has 18 heavy (non-hydrogen) atoms. The minimum absolute atomic E-state index is 0.460. The Kier molecular flexibility index (Phi) is 5.65. The van der Waals surface area contributed by atoms with Gasteiger partial charge in [-0.15, -0.1) is 0 Å². The maximum Gasteiger partial charge on any atom is 0.258 e. The molecule has 0 aliphatic rings. The highest BCUT2D eigenvalue weighted by molar-refractivity contribution is 5.78. The van der Waals surface area contributed by atoms with Gasteiger partial charge in [-0.05, 0) is 37.1 Å². The summed E-state index contributed by atoms with van der Waals surface area (Å²) in [7, 11) is 0. The topological polar surface area (TPSA) is 64.3 Å². The smallest absolute Gasteiger partial charge is 0.258 e. The molecule has 0 aromatic heterocycles. The van der Waals surface area contributed by atoms with E-state index in [2.05, 4.69) is 19.2 Å². The first-order valence-corrected chi connectivity index (χ1v) is 6.24. The number of primary amides is 1. The van der Waals surface area contributed by atoms with Crippen LogP contribution in [0.4, 0.5) is 0 Å². The lowest BCUT2D eigenvalue weighted by atomic mass is 10.2. The summed E-state index contributed by atoms with van der Waals surface area (Å²) in [5.74, 6) is 0.836.